The van der Waals surface area contributed by atoms with Gasteiger partial charge in [-0.3, -0.25) is 0 Å². The molecule has 3 aromatic rings. The average Bonchev–Trinajstić information content (AvgIpc) is 2.55. The van der Waals surface area contributed by atoms with Gasteiger partial charge in [-0.1, -0.05) is 48.0 Å². The molecule has 0 fully saturated rings. The van der Waals surface area contributed by atoms with Gasteiger partial charge in [0.25, 0.3) is 0 Å². The van der Waals surface area contributed by atoms with Gasteiger partial charge in [0.05, 0.1) is 5.69 Å². The Balaban J connectivity index is 1.97. The lowest BCUT2D eigenvalue weighted by atomic mass is 10.1. The largest absolute Gasteiger partial charge is 0.357 e. The summed E-state index contributed by atoms with van der Waals surface area (Å²) in [6.07, 6.45) is 0. The first kappa shape index (κ1) is 14.4. The summed E-state index contributed by atoms with van der Waals surface area (Å²) in [6.45, 7) is 0. The number of aromatic nitrogens is 2. The first-order chi connectivity index (χ1) is 10.7. The maximum absolute atomic E-state index is 6.01. The van der Waals surface area contributed by atoms with E-state index in [0.29, 0.717) is 16.8 Å². The minimum Gasteiger partial charge on any atom is -0.357 e. The molecule has 0 saturated heterocycles. The van der Waals surface area contributed by atoms with E-state index in [1.165, 1.54) is 0 Å². The third-order valence-corrected chi connectivity index (χ3v) is 3.35. The number of hydrogen-bond donors (Lipinski definition) is 2. The summed E-state index contributed by atoms with van der Waals surface area (Å²) in [4.78, 5) is 8.92. The normalized spacial score (nSPS) is 10.3. The number of nitrogens with zero attached hydrogens (tertiary/aromatic N) is 2. The zero-order valence-corrected chi connectivity index (χ0v) is 12.8. The van der Waals surface area contributed by atoms with Gasteiger partial charge < -0.3 is 10.6 Å². The molecule has 0 aliphatic carbocycles. The quantitative estimate of drug-likeness (QED) is 0.740. The molecule has 22 heavy (non-hydrogen) atoms. The van der Waals surface area contributed by atoms with Crippen LogP contribution in [0, 0.1) is 0 Å². The van der Waals surface area contributed by atoms with Crippen LogP contribution in [-0.2, 0) is 0 Å². The molecule has 110 valence electrons. The smallest absolute Gasteiger partial charge is 0.224 e. The Bertz CT molecular complexity index is 775. The lowest BCUT2D eigenvalue weighted by Crippen LogP contribution is -2.02. The van der Waals surface area contributed by atoms with Crippen molar-refractivity contribution in [3.63, 3.8) is 0 Å². The summed E-state index contributed by atoms with van der Waals surface area (Å²) in [7, 11) is 1.80. The predicted molar refractivity (Wildman–Crippen MR) is 91.7 cm³/mol. The van der Waals surface area contributed by atoms with Crippen molar-refractivity contribution in [1.82, 2.24) is 9.97 Å². The van der Waals surface area contributed by atoms with Crippen LogP contribution in [0.15, 0.2) is 60.7 Å². The molecule has 3 rings (SSSR count). The minimum absolute atomic E-state index is 0.561. The summed E-state index contributed by atoms with van der Waals surface area (Å²) in [5.41, 5.74) is 2.77. The molecule has 0 bridgehead atoms. The first-order valence-electron chi connectivity index (χ1n) is 6.89. The fraction of sp³-hybridized carbons (Fsp3) is 0.0588. The van der Waals surface area contributed by atoms with Gasteiger partial charge in [0.2, 0.25) is 5.95 Å². The SMILES string of the molecule is CNc1nc(Nc2cccc(Cl)c2)cc(-c2ccccc2)n1. The Kier molecular flexibility index (Phi) is 4.21. The fourth-order valence-corrected chi connectivity index (χ4v) is 2.28. The van der Waals surface area contributed by atoms with Crippen LogP contribution < -0.4 is 10.6 Å². The van der Waals surface area contributed by atoms with E-state index in [0.717, 1.165) is 16.9 Å². The molecule has 0 saturated carbocycles. The van der Waals surface area contributed by atoms with E-state index in [-0.39, 0.29) is 0 Å². The highest BCUT2D eigenvalue weighted by Gasteiger charge is 2.06. The summed E-state index contributed by atoms with van der Waals surface area (Å²) in [6, 6.07) is 19.4. The molecule has 0 amide bonds. The van der Waals surface area contributed by atoms with Gasteiger partial charge in [0.1, 0.15) is 5.82 Å². The third kappa shape index (κ3) is 3.35. The fourth-order valence-electron chi connectivity index (χ4n) is 2.09. The number of anilines is 3. The van der Waals surface area contributed by atoms with Gasteiger partial charge in [-0.05, 0) is 18.2 Å². The number of hydrogen-bond acceptors (Lipinski definition) is 4. The Labute approximate surface area is 134 Å². The van der Waals surface area contributed by atoms with E-state index in [1.807, 2.05) is 60.7 Å². The second kappa shape index (κ2) is 6.45. The van der Waals surface area contributed by atoms with Gasteiger partial charge in [-0.2, -0.15) is 4.98 Å². The van der Waals surface area contributed by atoms with E-state index < -0.39 is 0 Å². The molecule has 2 aromatic carbocycles. The zero-order valence-electron chi connectivity index (χ0n) is 12.0. The first-order valence-corrected chi connectivity index (χ1v) is 7.27. The van der Waals surface area contributed by atoms with Crippen LogP contribution in [-0.4, -0.2) is 17.0 Å². The van der Waals surface area contributed by atoms with Crippen molar-refractivity contribution in [2.75, 3.05) is 17.7 Å². The van der Waals surface area contributed by atoms with Crippen molar-refractivity contribution in [2.24, 2.45) is 0 Å². The van der Waals surface area contributed by atoms with Crippen LogP contribution in [0.5, 0.6) is 0 Å². The van der Waals surface area contributed by atoms with Gasteiger partial charge in [-0.25, -0.2) is 4.98 Å². The predicted octanol–water partition coefficient (Wildman–Crippen LogP) is 4.58. The molecular weight excluding hydrogens is 296 g/mol. The van der Waals surface area contributed by atoms with Crippen LogP contribution in [0.1, 0.15) is 0 Å². The molecule has 0 unspecified atom stereocenters. The maximum atomic E-state index is 6.01. The molecule has 0 aliphatic rings. The van der Waals surface area contributed by atoms with Gasteiger partial charge in [0.15, 0.2) is 0 Å². The molecule has 4 nitrogen and oxygen atoms in total. The standard InChI is InChI=1S/C17H15ClN4/c1-19-17-21-15(12-6-3-2-4-7-12)11-16(22-17)20-14-9-5-8-13(18)10-14/h2-11H,1H3,(H2,19,20,21,22). The summed E-state index contributed by atoms with van der Waals surface area (Å²) in [5.74, 6) is 1.27. The van der Waals surface area contributed by atoms with E-state index in [2.05, 4.69) is 20.6 Å². The minimum atomic E-state index is 0.561. The van der Waals surface area contributed by atoms with Crippen LogP contribution in [0.2, 0.25) is 5.02 Å². The van der Waals surface area contributed by atoms with Gasteiger partial charge in [0, 0.05) is 29.4 Å². The Morgan fingerprint density at radius 3 is 2.45 bits per heavy atom. The molecular formula is C17H15ClN4. The van der Waals surface area contributed by atoms with Crippen LogP contribution in [0.4, 0.5) is 17.5 Å². The highest BCUT2D eigenvalue weighted by atomic mass is 35.5. The van der Waals surface area contributed by atoms with Gasteiger partial charge in [-0.15, -0.1) is 0 Å². The van der Waals surface area contributed by atoms with Crippen molar-refractivity contribution in [3.05, 3.63) is 65.7 Å². The summed E-state index contributed by atoms with van der Waals surface area (Å²) in [5, 5.41) is 6.92. The Morgan fingerprint density at radius 2 is 1.73 bits per heavy atom. The third-order valence-electron chi connectivity index (χ3n) is 3.12. The highest BCUT2D eigenvalue weighted by Crippen LogP contribution is 2.24. The molecule has 2 N–H and O–H groups in total. The van der Waals surface area contributed by atoms with Crippen LogP contribution >= 0.6 is 11.6 Å². The van der Waals surface area contributed by atoms with E-state index in [9.17, 15) is 0 Å². The number of benzene rings is 2. The zero-order chi connectivity index (χ0) is 15.4. The molecule has 0 spiro atoms. The van der Waals surface area contributed by atoms with Crippen molar-refractivity contribution >= 4 is 29.1 Å². The summed E-state index contributed by atoms with van der Waals surface area (Å²) < 4.78 is 0. The van der Waals surface area contributed by atoms with Crippen LogP contribution in [0.25, 0.3) is 11.3 Å². The Hall–Kier alpha value is -2.59. The van der Waals surface area contributed by atoms with E-state index in [1.54, 1.807) is 7.05 Å². The van der Waals surface area contributed by atoms with E-state index >= 15 is 0 Å². The molecule has 0 aliphatic heterocycles. The maximum Gasteiger partial charge on any atom is 0.224 e. The number of rotatable bonds is 4. The number of halogens is 1. The van der Waals surface area contributed by atoms with Crippen LogP contribution in [0.3, 0.4) is 0 Å². The molecule has 1 aromatic heterocycles. The number of nitrogens with one attached hydrogen (secondary N) is 2. The molecule has 1 heterocycles. The van der Waals surface area contributed by atoms with Crippen molar-refractivity contribution in [3.8, 4) is 11.3 Å². The monoisotopic (exact) mass is 310 g/mol. The second-order valence-electron chi connectivity index (χ2n) is 4.71. The van der Waals surface area contributed by atoms with Crippen molar-refractivity contribution in [1.29, 1.82) is 0 Å². The van der Waals surface area contributed by atoms with Crippen molar-refractivity contribution in [2.45, 2.75) is 0 Å². The average molecular weight is 311 g/mol. The molecule has 0 atom stereocenters. The highest BCUT2D eigenvalue weighted by molar-refractivity contribution is 6.30. The second-order valence-corrected chi connectivity index (χ2v) is 5.15. The molecule has 0 radical (unpaired) electrons. The lowest BCUT2D eigenvalue weighted by molar-refractivity contribution is 1.15. The topological polar surface area (TPSA) is 49.8 Å². The molecule has 5 heteroatoms. The lowest BCUT2D eigenvalue weighted by Gasteiger charge is -2.10. The Morgan fingerprint density at radius 1 is 0.909 bits per heavy atom. The van der Waals surface area contributed by atoms with Gasteiger partial charge >= 0.3 is 0 Å². The summed E-state index contributed by atoms with van der Waals surface area (Å²) >= 11 is 6.01. The van der Waals surface area contributed by atoms with Crippen molar-refractivity contribution < 1.29 is 0 Å². The van der Waals surface area contributed by atoms with E-state index in [4.69, 9.17) is 11.6 Å².